The van der Waals surface area contributed by atoms with Gasteiger partial charge < -0.3 is 24.8 Å². The zero-order valence-corrected chi connectivity index (χ0v) is 20.2. The Morgan fingerprint density at radius 3 is 2.41 bits per heavy atom. The van der Waals surface area contributed by atoms with Crippen LogP contribution in [0.2, 0.25) is 0 Å². The Bertz CT molecular complexity index is 1150. The van der Waals surface area contributed by atoms with Gasteiger partial charge in [-0.25, -0.2) is 4.79 Å². The number of ether oxygens (including phenoxy) is 2. The fourth-order valence-corrected chi connectivity index (χ4v) is 3.48. The number of hydrogen-bond acceptors (Lipinski definition) is 10. The number of nitrogens with zero attached hydrogens (tertiary/aromatic N) is 4. The van der Waals surface area contributed by atoms with Gasteiger partial charge in [0.1, 0.15) is 19.1 Å². The van der Waals surface area contributed by atoms with Gasteiger partial charge in [0.05, 0.1) is 33.8 Å². The fourth-order valence-electron chi connectivity index (χ4n) is 3.48. The first-order chi connectivity index (χ1) is 17.3. The number of rotatable bonds is 10. The van der Waals surface area contributed by atoms with E-state index in [4.69, 9.17) is 4.74 Å². The lowest BCUT2D eigenvalue weighted by molar-refractivity contribution is -0.706. The molecule has 2 rings (SSSR count). The highest BCUT2D eigenvalue weighted by atomic mass is 19.4. The molecule has 0 aliphatic carbocycles. The molecule has 0 saturated carbocycles. The van der Waals surface area contributed by atoms with Crippen LogP contribution in [0.3, 0.4) is 0 Å². The Kier molecular flexibility index (Phi) is 9.40. The minimum Gasteiger partial charge on any atom is -0.569 e. The second-order valence-electron chi connectivity index (χ2n) is 7.68. The van der Waals surface area contributed by atoms with Crippen molar-refractivity contribution >= 4 is 11.9 Å². The van der Waals surface area contributed by atoms with Crippen molar-refractivity contribution in [2.45, 2.75) is 32.9 Å². The van der Waals surface area contributed by atoms with Crippen molar-refractivity contribution in [3.8, 4) is 0 Å². The fraction of sp³-hybridized carbons (Fsp3) is 0.429. The van der Waals surface area contributed by atoms with Crippen LogP contribution in [-0.2, 0) is 30.1 Å². The van der Waals surface area contributed by atoms with Gasteiger partial charge >= 0.3 is 18.1 Å². The van der Waals surface area contributed by atoms with E-state index < -0.39 is 59.2 Å². The summed E-state index contributed by atoms with van der Waals surface area (Å²) in [4.78, 5) is 39.1. The zero-order chi connectivity index (χ0) is 27.9. The van der Waals surface area contributed by atoms with Gasteiger partial charge in [-0.3, -0.25) is 14.9 Å². The second-order valence-corrected chi connectivity index (χ2v) is 7.68. The van der Waals surface area contributed by atoms with Crippen LogP contribution in [0.25, 0.3) is 0 Å². The molecule has 0 aromatic heterocycles. The predicted molar refractivity (Wildman–Crippen MR) is 117 cm³/mol. The third-order valence-corrected chi connectivity index (χ3v) is 5.10. The van der Waals surface area contributed by atoms with Gasteiger partial charge in [-0.2, -0.15) is 13.2 Å². The third-order valence-electron chi connectivity index (χ3n) is 5.10. The number of hydrogen-bond donors (Lipinski definition) is 1. The first kappa shape index (κ1) is 28.9. The number of allylic oxidation sites excluding steroid dienone is 3. The number of carbonyl (C=O) groups is 2. The van der Waals surface area contributed by atoms with Gasteiger partial charge in [-0.05, 0) is 25.5 Å². The van der Waals surface area contributed by atoms with E-state index in [1.807, 2.05) is 0 Å². The lowest BCUT2D eigenvalue weighted by Gasteiger charge is -2.28. The first-order valence-corrected chi connectivity index (χ1v) is 10.6. The molecule has 1 aliphatic heterocycles. The number of nitrogens with one attached hydrogen (secondary N) is 1. The molecule has 0 bridgehead atoms. The molecule has 0 saturated heterocycles. The van der Waals surface area contributed by atoms with E-state index in [0.717, 1.165) is 30.1 Å². The summed E-state index contributed by atoms with van der Waals surface area (Å²) in [5.74, 6) is -3.45. The third kappa shape index (κ3) is 7.31. The van der Waals surface area contributed by atoms with E-state index in [2.05, 4.69) is 20.2 Å². The van der Waals surface area contributed by atoms with Gasteiger partial charge in [0.25, 0.3) is 12.5 Å². The summed E-state index contributed by atoms with van der Waals surface area (Å²) in [7, 11) is 1.26. The topological polar surface area (TPSA) is 159 Å². The Balaban J connectivity index is 2.27. The molecule has 0 fully saturated rings. The molecule has 1 aliphatic rings. The monoisotopic (exact) mass is 531 g/mol. The molecule has 16 heteroatoms. The number of carbonyl (C=O) groups excluding carboxylic acids is 2. The normalized spacial score (nSPS) is 16.2. The molecule has 37 heavy (non-hydrogen) atoms. The maximum atomic E-state index is 13.8. The highest BCUT2D eigenvalue weighted by molar-refractivity contribution is 5.92. The summed E-state index contributed by atoms with van der Waals surface area (Å²) in [6, 6.07) is 4.25. The average molecular weight is 531 g/mol. The molecule has 0 radical (unpaired) electrons. The molecule has 202 valence electrons. The summed E-state index contributed by atoms with van der Waals surface area (Å²) < 4.78 is 50.8. The van der Waals surface area contributed by atoms with Crippen molar-refractivity contribution in [3.05, 3.63) is 73.4 Å². The van der Waals surface area contributed by atoms with E-state index in [-0.39, 0.29) is 28.5 Å². The van der Waals surface area contributed by atoms with E-state index >= 15 is 0 Å². The quantitative estimate of drug-likeness (QED) is 0.0905. The molecule has 1 unspecified atom stereocenters. The molecule has 0 spiro atoms. The smallest absolute Gasteiger partial charge is 0.416 e. The van der Waals surface area contributed by atoms with Gasteiger partial charge in [0, 0.05) is 12.6 Å². The highest BCUT2D eigenvalue weighted by Crippen LogP contribution is 2.44. The van der Waals surface area contributed by atoms with Crippen LogP contribution in [0.4, 0.5) is 13.2 Å². The molecule has 13 nitrogen and oxygen atoms in total. The van der Waals surface area contributed by atoms with Crippen LogP contribution < -0.4 is 5.32 Å². The van der Waals surface area contributed by atoms with Crippen LogP contribution in [0.15, 0.2) is 52.2 Å². The second kappa shape index (κ2) is 12.0. The van der Waals surface area contributed by atoms with Crippen molar-refractivity contribution < 1.29 is 47.0 Å². The standard InChI is InChI=1S/C21H24F3N5O8/c1-12-17(20(31)35-10-9-27(4)29(34)26-37-11-36-14(3)30)18(19(28(32)33)13(2)25-12)15-7-5-6-8-16(15)21(22,23)24/h5-8,18,25H,9-11H2,1-4H3/b29-26-. The average Bonchev–Trinajstić information content (AvgIpc) is 2.79. The van der Waals surface area contributed by atoms with Gasteiger partial charge in [-0.1, -0.05) is 18.2 Å². The van der Waals surface area contributed by atoms with Crippen molar-refractivity contribution in [3.63, 3.8) is 0 Å². The summed E-state index contributed by atoms with van der Waals surface area (Å²) >= 11 is 0. The van der Waals surface area contributed by atoms with Crippen molar-refractivity contribution in [1.82, 2.24) is 10.3 Å². The summed E-state index contributed by atoms with van der Waals surface area (Å²) in [6.07, 6.45) is -4.85. The van der Waals surface area contributed by atoms with Gasteiger partial charge in [-0.15, -0.1) is 5.01 Å². The number of benzene rings is 1. The van der Waals surface area contributed by atoms with Crippen LogP contribution in [0, 0.1) is 15.3 Å². The number of hydrazine groups is 1. The van der Waals surface area contributed by atoms with E-state index in [9.17, 15) is 38.1 Å². The Hall–Kier alpha value is -4.37. The largest absolute Gasteiger partial charge is 0.569 e. The summed E-state index contributed by atoms with van der Waals surface area (Å²) in [5, 5.41) is 30.3. The molecule has 0 amide bonds. The summed E-state index contributed by atoms with van der Waals surface area (Å²) in [6.45, 7) is 2.53. The number of halogens is 3. The molecule has 1 aromatic rings. The molecule has 1 atom stereocenters. The van der Waals surface area contributed by atoms with Crippen molar-refractivity contribution in [1.29, 1.82) is 0 Å². The van der Waals surface area contributed by atoms with Crippen molar-refractivity contribution in [2.75, 3.05) is 27.0 Å². The molecular formula is C21H24F3N5O8. The molecule has 1 N–H and O–H groups in total. The summed E-state index contributed by atoms with van der Waals surface area (Å²) in [5.41, 5.74) is -2.60. The maximum absolute atomic E-state index is 13.8. The Morgan fingerprint density at radius 2 is 1.81 bits per heavy atom. The molecular weight excluding hydrogens is 507 g/mol. The SMILES string of the molecule is CC(=O)OCO/N=[N+](\[O-])N(C)CCOC(=O)C1=C(C)NC(C)=C([N+](=O)[O-])C1c1ccccc1C(F)(F)F. The predicted octanol–water partition coefficient (Wildman–Crippen LogP) is 2.98. The Morgan fingerprint density at radius 1 is 1.16 bits per heavy atom. The van der Waals surface area contributed by atoms with Crippen LogP contribution in [0.5, 0.6) is 0 Å². The number of dihydropyridines is 1. The number of likely N-dealkylation sites (N-methyl/N-ethyl adjacent to an activating group) is 1. The van der Waals surface area contributed by atoms with Crippen LogP contribution in [-0.4, -0.2) is 53.8 Å². The highest BCUT2D eigenvalue weighted by Gasteiger charge is 2.45. The maximum Gasteiger partial charge on any atom is 0.416 e. The number of nitro groups is 1. The van der Waals surface area contributed by atoms with E-state index in [0.29, 0.717) is 0 Å². The Labute approximate surface area is 208 Å². The zero-order valence-electron chi connectivity index (χ0n) is 20.2. The molecule has 1 heterocycles. The van der Waals surface area contributed by atoms with E-state index in [1.165, 1.54) is 27.0 Å². The van der Waals surface area contributed by atoms with Crippen LogP contribution >= 0.6 is 0 Å². The van der Waals surface area contributed by atoms with Crippen LogP contribution in [0.1, 0.15) is 37.8 Å². The van der Waals surface area contributed by atoms with E-state index in [1.54, 1.807) is 0 Å². The number of esters is 2. The minimum absolute atomic E-state index is 0.0245. The van der Waals surface area contributed by atoms with Gasteiger partial charge in [0.2, 0.25) is 5.28 Å². The lowest BCUT2D eigenvalue weighted by atomic mass is 9.81. The van der Waals surface area contributed by atoms with Gasteiger partial charge in [0.15, 0.2) is 0 Å². The number of alkyl halides is 3. The molecule has 1 aromatic carbocycles. The lowest BCUT2D eigenvalue weighted by Crippen LogP contribution is -2.34. The van der Waals surface area contributed by atoms with Crippen molar-refractivity contribution in [2.24, 2.45) is 5.28 Å². The minimum atomic E-state index is -4.85. The first-order valence-electron chi connectivity index (χ1n) is 10.6.